The lowest BCUT2D eigenvalue weighted by Crippen LogP contribution is -2.65. The molecular weight excluding hydrogens is 888 g/mol. The zero-order chi connectivity index (χ0) is 47.7. The fourth-order valence-electron chi connectivity index (χ4n) is 7.37. The Kier molecular flexibility index (Phi) is 14.7. The first kappa shape index (κ1) is 48.3. The number of hydrogen-bond donors (Lipinski definition) is 14. The Labute approximate surface area is 370 Å². The summed E-state index contributed by atoms with van der Waals surface area (Å²) >= 11 is 0. The molecule has 4 heterocycles. The van der Waals surface area contributed by atoms with Gasteiger partial charge in [-0.15, -0.1) is 0 Å². The summed E-state index contributed by atoms with van der Waals surface area (Å²) in [7, 11) is 0. The summed E-state index contributed by atoms with van der Waals surface area (Å²) < 4.78 is 45.9. The lowest BCUT2D eigenvalue weighted by molar-refractivity contribution is -0.358. The third-order valence-electron chi connectivity index (χ3n) is 11.0. The molecule has 14 N–H and O–H groups in total. The third-order valence-corrected chi connectivity index (χ3v) is 11.0. The number of phenolic OH excluding ortho intramolecular Hbond substituents is 4. The van der Waals surface area contributed by atoms with Gasteiger partial charge in [-0.25, -0.2) is 4.79 Å². The zero-order valence-corrected chi connectivity index (χ0v) is 34.0. The second kappa shape index (κ2) is 20.0. The van der Waals surface area contributed by atoms with E-state index in [2.05, 4.69) is 0 Å². The van der Waals surface area contributed by atoms with Crippen molar-refractivity contribution in [3.63, 3.8) is 0 Å². The minimum atomic E-state index is -2.13. The van der Waals surface area contributed by atoms with Crippen molar-refractivity contribution in [2.24, 2.45) is 0 Å². The summed E-state index contributed by atoms with van der Waals surface area (Å²) in [5.41, 5.74) is -1.32. The second-order valence-corrected chi connectivity index (χ2v) is 15.4. The number of fused-ring (bicyclic) bond motifs is 1. The largest absolute Gasteiger partial charge is 0.508 e. The predicted molar refractivity (Wildman–Crippen MR) is 215 cm³/mol. The van der Waals surface area contributed by atoms with Crippen LogP contribution in [-0.4, -0.2) is 189 Å². The minimum absolute atomic E-state index is 0.0233. The minimum Gasteiger partial charge on any atom is -0.508 e. The van der Waals surface area contributed by atoms with Crippen LogP contribution in [0.4, 0.5) is 0 Å². The topological polar surface area (TPSA) is 395 Å². The van der Waals surface area contributed by atoms with E-state index >= 15 is 0 Å². The number of hydrogen-bond acceptors (Lipinski definition) is 24. The van der Waals surface area contributed by atoms with Crippen LogP contribution in [0.3, 0.4) is 0 Å². The molecule has 66 heavy (non-hydrogen) atoms. The van der Waals surface area contributed by atoms with Gasteiger partial charge in [-0.1, -0.05) is 6.07 Å². The van der Waals surface area contributed by atoms with Crippen molar-refractivity contribution >= 4 is 23.0 Å². The molecule has 3 aromatic carbocycles. The van der Waals surface area contributed by atoms with Crippen molar-refractivity contribution < 1.29 is 114 Å². The summed E-state index contributed by atoms with van der Waals surface area (Å²) in [4.78, 5) is 27.5. The Morgan fingerprint density at radius 3 is 1.82 bits per heavy atom. The lowest BCUT2D eigenvalue weighted by atomic mass is 9.97. The summed E-state index contributed by atoms with van der Waals surface area (Å²) in [6.07, 6.45) is -26.0. The molecule has 15 unspecified atom stereocenters. The number of phenols is 4. The van der Waals surface area contributed by atoms with Gasteiger partial charge in [0.1, 0.15) is 89.3 Å². The molecule has 0 radical (unpaired) electrons. The predicted octanol–water partition coefficient (Wildman–Crippen LogP) is -3.27. The van der Waals surface area contributed by atoms with Gasteiger partial charge in [0.2, 0.25) is 23.8 Å². The van der Waals surface area contributed by atoms with Gasteiger partial charge in [-0.3, -0.25) is 4.79 Å². The third kappa shape index (κ3) is 9.73. The normalized spacial score (nSPS) is 32.6. The van der Waals surface area contributed by atoms with Crippen LogP contribution in [0.5, 0.6) is 34.5 Å². The number of aliphatic hydroxyl groups is 10. The first-order valence-corrected chi connectivity index (χ1v) is 20.0. The van der Waals surface area contributed by atoms with E-state index in [0.29, 0.717) is 0 Å². The first-order chi connectivity index (χ1) is 31.4. The Morgan fingerprint density at radius 2 is 1.20 bits per heavy atom. The van der Waals surface area contributed by atoms with E-state index in [4.69, 9.17) is 37.6 Å². The van der Waals surface area contributed by atoms with Crippen molar-refractivity contribution in [3.8, 4) is 45.8 Å². The Hall–Kier alpha value is -5.68. The van der Waals surface area contributed by atoms with Crippen LogP contribution in [0, 0.1) is 0 Å². The van der Waals surface area contributed by atoms with Crippen molar-refractivity contribution in [2.45, 2.75) is 92.1 Å². The Morgan fingerprint density at radius 1 is 0.606 bits per heavy atom. The van der Waals surface area contributed by atoms with Gasteiger partial charge in [-0.2, -0.15) is 0 Å². The zero-order valence-electron chi connectivity index (χ0n) is 34.0. The van der Waals surface area contributed by atoms with E-state index in [9.17, 15) is 81.1 Å². The van der Waals surface area contributed by atoms with Crippen LogP contribution in [0.25, 0.3) is 28.4 Å². The number of aliphatic hydroxyl groups excluding tert-OH is 10. The molecule has 0 spiro atoms. The molecule has 0 saturated carbocycles. The lowest BCUT2D eigenvalue weighted by Gasteiger charge is -2.46. The average Bonchev–Trinajstić information content (AvgIpc) is 3.29. The van der Waals surface area contributed by atoms with E-state index in [-0.39, 0.29) is 22.6 Å². The van der Waals surface area contributed by atoms with Gasteiger partial charge in [0, 0.05) is 23.8 Å². The molecule has 1 aromatic heterocycles. The van der Waals surface area contributed by atoms with Gasteiger partial charge >= 0.3 is 5.97 Å². The molecule has 24 heteroatoms. The van der Waals surface area contributed by atoms with Crippen molar-refractivity contribution in [3.05, 3.63) is 76.5 Å². The smallest absolute Gasteiger partial charge is 0.331 e. The summed E-state index contributed by atoms with van der Waals surface area (Å²) in [6, 6.07) is 10.5. The molecule has 3 fully saturated rings. The molecule has 7 rings (SSSR count). The highest BCUT2D eigenvalue weighted by atomic mass is 16.8. The molecule has 24 nitrogen and oxygen atoms in total. The molecule has 0 aliphatic carbocycles. The van der Waals surface area contributed by atoms with Gasteiger partial charge in [0.15, 0.2) is 35.8 Å². The molecule has 0 bridgehead atoms. The van der Waals surface area contributed by atoms with E-state index in [1.54, 1.807) is 0 Å². The van der Waals surface area contributed by atoms with Crippen LogP contribution in [0.15, 0.2) is 69.9 Å². The second-order valence-electron chi connectivity index (χ2n) is 15.4. The average molecular weight is 935 g/mol. The number of benzene rings is 3. The highest BCUT2D eigenvalue weighted by molar-refractivity contribution is 5.89. The van der Waals surface area contributed by atoms with Crippen LogP contribution >= 0.6 is 0 Å². The molecule has 15 atom stereocenters. The van der Waals surface area contributed by atoms with Crippen molar-refractivity contribution in [1.82, 2.24) is 0 Å². The maximum Gasteiger partial charge on any atom is 0.331 e. The van der Waals surface area contributed by atoms with Crippen molar-refractivity contribution in [1.29, 1.82) is 0 Å². The molecular formula is C42H46O24. The SMILES string of the molecule is O=C(C=Cc1ccc(O)c(O)c1)OC1C(OC2C(Oc3c(-c4ccc(O)cc4)oc4cc(OC5OC(CO)C(O)C(O)C5O)cc(O)c4c3=O)OC(CO)C(O)C2O)OC(CO)C(O)C1O. The van der Waals surface area contributed by atoms with E-state index in [1.165, 1.54) is 30.3 Å². The van der Waals surface area contributed by atoms with Crippen LogP contribution in [0.1, 0.15) is 5.56 Å². The maximum absolute atomic E-state index is 14.5. The summed E-state index contributed by atoms with van der Waals surface area (Å²) in [5, 5.41) is 145. The standard InChI is InChI=1S/C42H46O24/c43-12-23-28(51)32(55)35(58)40(61-23)59-18-10-21(49)27-22(11-18)60-36(16-3-5-17(46)6-4-16)37(31(27)54)65-42-39(34(57)30(53)25(14-45)63-42)66-41-38(33(56)29(52)24(13-44)62-41)64-26(50)8-2-15-1-7-19(47)20(48)9-15/h1-11,23-25,28-30,32-35,38-49,51-53,55-58H,12-14H2. The van der Waals surface area contributed by atoms with Gasteiger partial charge < -0.3 is 109 Å². The summed E-state index contributed by atoms with van der Waals surface area (Å²) in [6.45, 7) is -2.67. The molecule has 358 valence electrons. The molecule has 3 aliphatic heterocycles. The van der Waals surface area contributed by atoms with Crippen molar-refractivity contribution in [2.75, 3.05) is 19.8 Å². The van der Waals surface area contributed by atoms with Gasteiger partial charge in [-0.05, 0) is 48.0 Å². The Bertz CT molecular complexity index is 2420. The molecule has 3 aliphatic rings. The number of aromatic hydroxyl groups is 4. The van der Waals surface area contributed by atoms with Crippen LogP contribution < -0.4 is 14.9 Å². The molecule has 0 amide bonds. The highest BCUT2D eigenvalue weighted by Crippen LogP contribution is 2.40. The number of carbonyl (C=O) groups is 1. The Balaban J connectivity index is 1.25. The van der Waals surface area contributed by atoms with Gasteiger partial charge in [0.05, 0.1) is 19.8 Å². The summed E-state index contributed by atoms with van der Waals surface area (Å²) in [5.74, 6) is -4.76. The fraction of sp³-hybridized carbons (Fsp3) is 0.429. The quantitative estimate of drug-likeness (QED) is 0.0355. The van der Waals surface area contributed by atoms with E-state index in [0.717, 1.165) is 36.4 Å². The van der Waals surface area contributed by atoms with Crippen LogP contribution in [-0.2, 0) is 28.5 Å². The molecule has 4 aromatic rings. The van der Waals surface area contributed by atoms with Crippen LogP contribution in [0.2, 0.25) is 0 Å². The first-order valence-electron chi connectivity index (χ1n) is 20.0. The number of esters is 1. The monoisotopic (exact) mass is 934 g/mol. The molecule has 3 saturated heterocycles. The number of carbonyl (C=O) groups excluding carboxylic acids is 1. The van der Waals surface area contributed by atoms with E-state index in [1.807, 2.05) is 0 Å². The van der Waals surface area contributed by atoms with Gasteiger partial charge in [0.25, 0.3) is 0 Å². The number of rotatable bonds is 13. The fourth-order valence-corrected chi connectivity index (χ4v) is 7.37. The highest BCUT2D eigenvalue weighted by Gasteiger charge is 2.53. The maximum atomic E-state index is 14.5. The van der Waals surface area contributed by atoms with E-state index < -0.39 is 163 Å². The number of ether oxygens (including phenoxy) is 7.